The lowest BCUT2D eigenvalue weighted by molar-refractivity contribution is 0.0150. The molecule has 4 nitrogen and oxygen atoms in total. The Morgan fingerprint density at radius 3 is 2.77 bits per heavy atom. The van der Waals surface area contributed by atoms with Crippen LogP contribution in [0.15, 0.2) is 24.3 Å². The second-order valence-electron chi connectivity index (χ2n) is 2.10. The molecule has 0 saturated heterocycles. The third-order valence-corrected chi connectivity index (χ3v) is 1.26. The molecule has 1 aromatic carbocycles. The van der Waals surface area contributed by atoms with Crippen molar-refractivity contribution in [3.63, 3.8) is 0 Å². The maximum Gasteiger partial charge on any atom is 0.510 e. The fourth-order valence-electron chi connectivity index (χ4n) is 0.672. The fraction of sp³-hybridized carbons (Fsp3) is 0.222. The molecule has 4 heteroatoms. The van der Waals surface area contributed by atoms with Gasteiger partial charge in [0, 0.05) is 0 Å². The van der Waals surface area contributed by atoms with Crippen LogP contribution in [-0.4, -0.2) is 20.1 Å². The van der Waals surface area contributed by atoms with Crippen LogP contribution >= 0.6 is 0 Å². The fourth-order valence-corrected chi connectivity index (χ4v) is 0.672. The van der Waals surface area contributed by atoms with Crippen molar-refractivity contribution in [1.29, 1.82) is 0 Å². The first-order valence-electron chi connectivity index (χ1n) is 3.62. The van der Waals surface area contributed by atoms with Crippen molar-refractivity contribution in [3.05, 3.63) is 30.3 Å². The van der Waals surface area contributed by atoms with Crippen LogP contribution in [0, 0.1) is 6.07 Å². The van der Waals surface area contributed by atoms with Gasteiger partial charge in [0.05, 0.1) is 7.11 Å². The zero-order valence-electron chi connectivity index (χ0n) is 7.15. The molecule has 0 bridgehead atoms. The Labute approximate surface area is 76.0 Å². The topological polar surface area (TPSA) is 44.8 Å². The molecule has 0 aliphatic heterocycles. The number of hydrogen-bond acceptors (Lipinski definition) is 4. The van der Waals surface area contributed by atoms with Gasteiger partial charge in [0.15, 0.2) is 0 Å². The lowest BCUT2D eigenvalue weighted by Crippen LogP contribution is -2.09. The smallest absolute Gasteiger partial charge is 0.457 e. The molecular formula is C9H9O4. The second kappa shape index (κ2) is 5.03. The highest BCUT2D eigenvalue weighted by atomic mass is 16.8. The largest absolute Gasteiger partial charge is 0.510 e. The van der Waals surface area contributed by atoms with Crippen LogP contribution in [0.2, 0.25) is 0 Å². The number of ether oxygens (including phenoxy) is 3. The van der Waals surface area contributed by atoms with Crippen molar-refractivity contribution >= 4 is 6.16 Å². The quantitative estimate of drug-likeness (QED) is 0.525. The predicted molar refractivity (Wildman–Crippen MR) is 44.3 cm³/mol. The van der Waals surface area contributed by atoms with Gasteiger partial charge in [-0.3, -0.25) is 0 Å². The van der Waals surface area contributed by atoms with E-state index in [-0.39, 0.29) is 6.79 Å². The molecule has 1 rings (SSSR count). The van der Waals surface area contributed by atoms with Crippen molar-refractivity contribution in [2.24, 2.45) is 0 Å². The Morgan fingerprint density at radius 2 is 2.15 bits per heavy atom. The van der Waals surface area contributed by atoms with Gasteiger partial charge in [-0.15, -0.1) is 0 Å². The molecule has 0 amide bonds. The monoisotopic (exact) mass is 181 g/mol. The van der Waals surface area contributed by atoms with Crippen LogP contribution in [0.3, 0.4) is 0 Å². The highest BCUT2D eigenvalue weighted by molar-refractivity contribution is 5.59. The third kappa shape index (κ3) is 3.46. The first kappa shape index (κ1) is 9.38. The molecular weight excluding hydrogens is 172 g/mol. The number of carbonyl (C=O) groups is 1. The van der Waals surface area contributed by atoms with E-state index in [0.717, 1.165) is 0 Å². The Bertz CT molecular complexity index is 258. The van der Waals surface area contributed by atoms with Crippen LogP contribution in [0.25, 0.3) is 0 Å². The van der Waals surface area contributed by atoms with E-state index in [0.29, 0.717) is 5.75 Å². The summed E-state index contributed by atoms with van der Waals surface area (Å²) < 4.78 is 13.8. The molecule has 0 aliphatic rings. The van der Waals surface area contributed by atoms with E-state index in [2.05, 4.69) is 15.5 Å². The summed E-state index contributed by atoms with van der Waals surface area (Å²) in [5.74, 6) is 0.614. The van der Waals surface area contributed by atoms with Gasteiger partial charge in [0.25, 0.3) is 0 Å². The average Bonchev–Trinajstić information content (AvgIpc) is 2.19. The number of methoxy groups -OCH3 is 1. The number of benzene rings is 1. The molecule has 69 valence electrons. The van der Waals surface area contributed by atoms with Crippen LogP contribution < -0.4 is 4.74 Å². The van der Waals surface area contributed by atoms with E-state index in [1.54, 1.807) is 24.3 Å². The highest BCUT2D eigenvalue weighted by Gasteiger charge is 1.99. The zero-order chi connectivity index (χ0) is 9.52. The van der Waals surface area contributed by atoms with Gasteiger partial charge in [-0.2, -0.15) is 0 Å². The van der Waals surface area contributed by atoms with Gasteiger partial charge in [0.2, 0.25) is 6.79 Å². The van der Waals surface area contributed by atoms with E-state index >= 15 is 0 Å². The lowest BCUT2D eigenvalue weighted by atomic mass is 10.3. The first-order chi connectivity index (χ1) is 6.33. The molecule has 1 aromatic rings. The summed E-state index contributed by atoms with van der Waals surface area (Å²) in [4.78, 5) is 10.5. The molecule has 0 fully saturated rings. The summed E-state index contributed by atoms with van der Waals surface area (Å²) in [5.41, 5.74) is 0. The van der Waals surface area contributed by atoms with Crippen LogP contribution in [-0.2, 0) is 9.47 Å². The standard InChI is InChI=1S/C9H9O4/c1-11-9(10)13-7-12-8-5-3-2-4-6-8/h3-6H,7H2,1H3. The molecule has 0 N–H and O–H groups in total. The maximum atomic E-state index is 10.5. The molecule has 0 saturated carbocycles. The second-order valence-corrected chi connectivity index (χ2v) is 2.10. The summed E-state index contributed by atoms with van der Waals surface area (Å²) in [6.07, 6.45) is -0.762. The van der Waals surface area contributed by atoms with Gasteiger partial charge in [0.1, 0.15) is 5.75 Å². The van der Waals surface area contributed by atoms with Gasteiger partial charge >= 0.3 is 6.16 Å². The van der Waals surface area contributed by atoms with Crippen molar-refractivity contribution in [2.45, 2.75) is 0 Å². The van der Waals surface area contributed by atoms with Crippen LogP contribution in [0.4, 0.5) is 4.79 Å². The van der Waals surface area contributed by atoms with Crippen molar-refractivity contribution < 1.29 is 19.0 Å². The molecule has 0 spiro atoms. The molecule has 0 heterocycles. The van der Waals surface area contributed by atoms with Gasteiger partial charge in [-0.25, -0.2) is 4.79 Å². The van der Waals surface area contributed by atoms with Gasteiger partial charge < -0.3 is 14.2 Å². The summed E-state index contributed by atoms with van der Waals surface area (Å²) in [6.45, 7) is -0.156. The normalized spacial score (nSPS) is 9.00. The highest BCUT2D eigenvalue weighted by Crippen LogP contribution is 2.07. The van der Waals surface area contributed by atoms with Gasteiger partial charge in [-0.05, 0) is 18.2 Å². The summed E-state index contributed by atoms with van der Waals surface area (Å²) in [5, 5.41) is 0. The predicted octanol–water partition coefficient (Wildman–Crippen LogP) is 1.61. The van der Waals surface area contributed by atoms with Crippen molar-refractivity contribution in [2.75, 3.05) is 13.9 Å². The van der Waals surface area contributed by atoms with E-state index in [1.807, 2.05) is 0 Å². The van der Waals surface area contributed by atoms with E-state index in [1.165, 1.54) is 7.11 Å². The average molecular weight is 181 g/mol. The van der Waals surface area contributed by atoms with E-state index in [9.17, 15) is 4.79 Å². The van der Waals surface area contributed by atoms with Crippen molar-refractivity contribution in [1.82, 2.24) is 0 Å². The molecule has 0 atom stereocenters. The lowest BCUT2D eigenvalue weighted by Gasteiger charge is -2.05. The number of rotatable bonds is 3. The molecule has 0 aromatic heterocycles. The Morgan fingerprint density at radius 1 is 1.46 bits per heavy atom. The summed E-state index contributed by atoms with van der Waals surface area (Å²) in [6, 6.07) is 9.65. The van der Waals surface area contributed by atoms with Gasteiger partial charge in [-0.1, -0.05) is 12.1 Å². The molecule has 13 heavy (non-hydrogen) atoms. The van der Waals surface area contributed by atoms with Crippen LogP contribution in [0.5, 0.6) is 5.75 Å². The maximum absolute atomic E-state index is 10.5. The Hall–Kier alpha value is -1.71. The minimum Gasteiger partial charge on any atom is -0.457 e. The van der Waals surface area contributed by atoms with Crippen LogP contribution in [0.1, 0.15) is 0 Å². The summed E-state index contributed by atoms with van der Waals surface area (Å²) in [7, 11) is 1.24. The molecule has 0 unspecified atom stereocenters. The Kier molecular flexibility index (Phi) is 3.63. The minimum atomic E-state index is -0.762. The SMILES string of the molecule is COC(=O)OCOc1cc[c]cc1. The van der Waals surface area contributed by atoms with E-state index < -0.39 is 6.16 Å². The third-order valence-electron chi connectivity index (χ3n) is 1.26. The number of carbonyl (C=O) groups excluding carboxylic acids is 1. The first-order valence-corrected chi connectivity index (χ1v) is 3.62. The Balaban J connectivity index is 2.24. The molecule has 0 aliphatic carbocycles. The van der Waals surface area contributed by atoms with E-state index in [4.69, 9.17) is 4.74 Å². The number of hydrogen-bond donors (Lipinski definition) is 0. The summed E-state index contributed by atoms with van der Waals surface area (Å²) >= 11 is 0. The van der Waals surface area contributed by atoms with Crippen molar-refractivity contribution in [3.8, 4) is 5.75 Å². The minimum absolute atomic E-state index is 0.156. The zero-order valence-corrected chi connectivity index (χ0v) is 7.15. The molecule has 1 radical (unpaired) electrons.